The third-order valence-electron chi connectivity index (χ3n) is 5.76. The molecule has 1 fully saturated rings. The summed E-state index contributed by atoms with van der Waals surface area (Å²) in [7, 11) is 0. The Kier molecular flexibility index (Phi) is 5.00. The SMILES string of the molecule is C[C@]1(c2cc(CC(=O)c3ccc(Cl)cn3)ccc2F)N=C(N)O[C@@H]2CCC(F)(F)[C@@H]21. The second-order valence-corrected chi connectivity index (χ2v) is 8.24. The van der Waals surface area contributed by atoms with Gasteiger partial charge in [0.1, 0.15) is 23.2 Å². The number of alkyl halides is 2. The van der Waals surface area contributed by atoms with Gasteiger partial charge in [-0.2, -0.15) is 0 Å². The maximum absolute atomic E-state index is 14.8. The molecule has 1 aliphatic heterocycles. The van der Waals surface area contributed by atoms with Gasteiger partial charge in [-0.15, -0.1) is 0 Å². The van der Waals surface area contributed by atoms with Crippen LogP contribution in [0.3, 0.4) is 0 Å². The molecule has 9 heteroatoms. The minimum absolute atomic E-state index is 0.0420. The molecule has 1 aliphatic carbocycles. The molecule has 0 amide bonds. The zero-order valence-electron chi connectivity index (χ0n) is 16.0. The Balaban J connectivity index is 1.71. The van der Waals surface area contributed by atoms with Crippen LogP contribution in [0.15, 0.2) is 41.5 Å². The van der Waals surface area contributed by atoms with Crippen molar-refractivity contribution in [3.63, 3.8) is 0 Å². The van der Waals surface area contributed by atoms with Crippen molar-refractivity contribution in [2.45, 2.75) is 43.8 Å². The van der Waals surface area contributed by atoms with Crippen LogP contribution < -0.4 is 5.73 Å². The number of aliphatic imine (C=N–C) groups is 1. The average Bonchev–Trinajstić information content (AvgIpc) is 2.98. The van der Waals surface area contributed by atoms with E-state index >= 15 is 0 Å². The molecule has 1 aromatic heterocycles. The van der Waals surface area contributed by atoms with Gasteiger partial charge in [-0.3, -0.25) is 9.78 Å². The number of benzene rings is 1. The van der Waals surface area contributed by atoms with Crippen molar-refractivity contribution in [3.8, 4) is 0 Å². The Morgan fingerprint density at radius 1 is 1.33 bits per heavy atom. The number of hydrogen-bond acceptors (Lipinski definition) is 5. The fourth-order valence-corrected chi connectivity index (χ4v) is 4.54. The van der Waals surface area contributed by atoms with Crippen LogP contribution >= 0.6 is 11.6 Å². The highest BCUT2D eigenvalue weighted by atomic mass is 35.5. The molecule has 0 spiro atoms. The molecule has 2 aliphatic rings. The maximum Gasteiger partial charge on any atom is 0.283 e. The Labute approximate surface area is 176 Å². The number of halogens is 4. The molecule has 2 N–H and O–H groups in total. The van der Waals surface area contributed by atoms with Crippen molar-refractivity contribution in [1.29, 1.82) is 0 Å². The molecule has 0 radical (unpaired) electrons. The fourth-order valence-electron chi connectivity index (χ4n) is 4.42. The molecular weight excluding hydrogens is 419 g/mol. The Bertz CT molecular complexity index is 1030. The van der Waals surface area contributed by atoms with Gasteiger partial charge in [0.15, 0.2) is 5.78 Å². The Morgan fingerprint density at radius 3 is 2.80 bits per heavy atom. The van der Waals surface area contributed by atoms with Gasteiger partial charge in [0.05, 0.1) is 10.9 Å². The number of ketones is 1. The van der Waals surface area contributed by atoms with E-state index in [2.05, 4.69) is 9.98 Å². The summed E-state index contributed by atoms with van der Waals surface area (Å²) in [5.41, 5.74) is 4.72. The van der Waals surface area contributed by atoms with Gasteiger partial charge in [-0.25, -0.2) is 18.2 Å². The number of hydrogen-bond donors (Lipinski definition) is 1. The number of nitrogens with two attached hydrogens (primary N) is 1. The lowest BCUT2D eigenvalue weighted by molar-refractivity contribution is -0.0961. The molecule has 0 saturated heterocycles. The fraction of sp³-hybridized carbons (Fsp3) is 0.381. The summed E-state index contributed by atoms with van der Waals surface area (Å²) < 4.78 is 49.5. The third-order valence-corrected chi connectivity index (χ3v) is 5.99. The number of ether oxygens (including phenoxy) is 1. The van der Waals surface area contributed by atoms with E-state index in [-0.39, 0.29) is 42.3 Å². The largest absolute Gasteiger partial charge is 0.461 e. The molecule has 2 heterocycles. The number of Topliss-reactive ketones (excluding diaryl/α,β-unsaturated/α-hetero) is 1. The van der Waals surface area contributed by atoms with Gasteiger partial charge >= 0.3 is 0 Å². The van der Waals surface area contributed by atoms with Crippen molar-refractivity contribution in [1.82, 2.24) is 4.98 Å². The van der Waals surface area contributed by atoms with Gasteiger partial charge in [0, 0.05) is 24.6 Å². The highest BCUT2D eigenvalue weighted by Gasteiger charge is 2.62. The molecule has 2 aromatic rings. The van der Waals surface area contributed by atoms with E-state index in [9.17, 15) is 18.0 Å². The third kappa shape index (κ3) is 3.53. The maximum atomic E-state index is 14.8. The Hall–Kier alpha value is -2.61. The first kappa shape index (κ1) is 20.7. The smallest absolute Gasteiger partial charge is 0.283 e. The van der Waals surface area contributed by atoms with Crippen LogP contribution in [0.2, 0.25) is 5.02 Å². The molecule has 3 atom stereocenters. The number of pyridine rings is 1. The summed E-state index contributed by atoms with van der Waals surface area (Å²) in [4.78, 5) is 20.6. The number of nitrogens with zero attached hydrogens (tertiary/aromatic N) is 2. The highest BCUT2D eigenvalue weighted by molar-refractivity contribution is 6.30. The van der Waals surface area contributed by atoms with Gasteiger partial charge in [0.2, 0.25) is 0 Å². The summed E-state index contributed by atoms with van der Waals surface area (Å²) in [6.45, 7) is 1.43. The molecule has 0 unspecified atom stereocenters. The number of carbonyl (C=O) groups excluding carboxylic acids is 1. The van der Waals surface area contributed by atoms with Crippen molar-refractivity contribution in [2.24, 2.45) is 16.6 Å². The van der Waals surface area contributed by atoms with Gasteiger partial charge in [0.25, 0.3) is 11.9 Å². The van der Waals surface area contributed by atoms with E-state index in [1.165, 1.54) is 31.3 Å². The molecule has 30 heavy (non-hydrogen) atoms. The minimum atomic E-state index is -3.09. The summed E-state index contributed by atoms with van der Waals surface area (Å²) in [6.07, 6.45) is 0.130. The van der Waals surface area contributed by atoms with E-state index in [4.69, 9.17) is 22.1 Å². The number of rotatable bonds is 4. The first-order valence-electron chi connectivity index (χ1n) is 9.43. The van der Waals surface area contributed by atoms with E-state index in [1.807, 2.05) is 0 Å². The number of amidine groups is 1. The van der Waals surface area contributed by atoms with E-state index in [0.717, 1.165) is 6.07 Å². The first-order valence-corrected chi connectivity index (χ1v) is 9.81. The van der Waals surface area contributed by atoms with Crippen LogP contribution in [-0.2, 0) is 16.7 Å². The predicted molar refractivity (Wildman–Crippen MR) is 105 cm³/mol. The van der Waals surface area contributed by atoms with E-state index < -0.39 is 29.3 Å². The first-order chi connectivity index (χ1) is 14.1. The predicted octanol–water partition coefficient (Wildman–Crippen LogP) is 4.27. The quantitative estimate of drug-likeness (QED) is 0.724. The second kappa shape index (κ2) is 7.27. The van der Waals surface area contributed by atoms with E-state index in [0.29, 0.717) is 10.6 Å². The molecule has 158 valence electrons. The molecule has 1 aromatic carbocycles. The lowest BCUT2D eigenvalue weighted by Gasteiger charge is -2.41. The van der Waals surface area contributed by atoms with Crippen LogP contribution in [0.5, 0.6) is 0 Å². The normalized spacial score (nSPS) is 27.2. The van der Waals surface area contributed by atoms with Gasteiger partial charge in [-0.1, -0.05) is 17.7 Å². The molecule has 5 nitrogen and oxygen atoms in total. The van der Waals surface area contributed by atoms with Crippen LogP contribution in [-0.4, -0.2) is 28.8 Å². The monoisotopic (exact) mass is 437 g/mol. The van der Waals surface area contributed by atoms with Gasteiger partial charge in [-0.05, 0) is 43.2 Å². The van der Waals surface area contributed by atoms with Crippen LogP contribution in [0, 0.1) is 11.7 Å². The zero-order valence-corrected chi connectivity index (χ0v) is 16.8. The zero-order chi connectivity index (χ0) is 21.7. The average molecular weight is 438 g/mol. The molecule has 1 saturated carbocycles. The molecule has 4 rings (SSSR count). The lowest BCUT2D eigenvalue weighted by atomic mass is 9.75. The van der Waals surface area contributed by atoms with Crippen molar-refractivity contribution >= 4 is 23.4 Å². The molecular formula is C21H19ClF3N3O2. The summed E-state index contributed by atoms with van der Waals surface area (Å²) in [5, 5.41) is 0.394. The number of aromatic nitrogens is 1. The summed E-state index contributed by atoms with van der Waals surface area (Å²) >= 11 is 5.79. The Morgan fingerprint density at radius 2 is 2.10 bits per heavy atom. The van der Waals surface area contributed by atoms with Gasteiger partial charge < -0.3 is 10.5 Å². The van der Waals surface area contributed by atoms with Crippen molar-refractivity contribution in [2.75, 3.05) is 0 Å². The van der Waals surface area contributed by atoms with E-state index in [1.54, 1.807) is 6.07 Å². The molecule has 0 bridgehead atoms. The van der Waals surface area contributed by atoms with Crippen LogP contribution in [0.25, 0.3) is 0 Å². The number of fused-ring (bicyclic) bond motifs is 1. The number of carbonyl (C=O) groups is 1. The summed E-state index contributed by atoms with van der Waals surface area (Å²) in [5.74, 6) is -5.46. The topological polar surface area (TPSA) is 77.6 Å². The second-order valence-electron chi connectivity index (χ2n) is 7.81. The minimum Gasteiger partial charge on any atom is -0.461 e. The van der Waals surface area contributed by atoms with Crippen LogP contribution in [0.1, 0.15) is 41.4 Å². The lowest BCUT2D eigenvalue weighted by Crippen LogP contribution is -2.51. The standard InChI is InChI=1S/C21H19ClF3N3O2/c1-20(18-17(30-19(26)28-20)6-7-21(18,24)25)13-8-11(2-4-14(13)23)9-16(29)15-5-3-12(22)10-27-15/h2-5,8,10,17-18H,6-7,9H2,1H3,(H2,26,28)/t17-,18+,20-/m1/s1. The summed E-state index contributed by atoms with van der Waals surface area (Å²) in [6, 6.07) is 6.78. The highest BCUT2D eigenvalue weighted by Crippen LogP contribution is 2.54. The van der Waals surface area contributed by atoms with Crippen molar-refractivity contribution < 1.29 is 22.7 Å². The van der Waals surface area contributed by atoms with Crippen LogP contribution in [0.4, 0.5) is 13.2 Å². The van der Waals surface area contributed by atoms with Crippen molar-refractivity contribution in [3.05, 3.63) is 64.2 Å².